The van der Waals surface area contributed by atoms with Gasteiger partial charge in [-0.05, 0) is 25.3 Å². The van der Waals surface area contributed by atoms with Crippen LogP contribution in [0.4, 0.5) is 0 Å². The van der Waals surface area contributed by atoms with Gasteiger partial charge in [0.1, 0.15) is 0 Å². The first kappa shape index (κ1) is 11.3. The van der Waals surface area contributed by atoms with E-state index in [9.17, 15) is 4.79 Å². The van der Waals surface area contributed by atoms with E-state index < -0.39 is 0 Å². The number of aldehydes is 1. The number of benzene rings is 1. The maximum atomic E-state index is 11.0. The highest BCUT2D eigenvalue weighted by Crippen LogP contribution is 2.24. The van der Waals surface area contributed by atoms with Crippen LogP contribution in [0.5, 0.6) is 0 Å². The molecule has 1 unspecified atom stereocenters. The number of pyridine rings is 1. The van der Waals surface area contributed by atoms with Crippen molar-refractivity contribution in [2.45, 2.75) is 19.8 Å². The number of fused-ring (bicyclic) bond motifs is 1. The van der Waals surface area contributed by atoms with Gasteiger partial charge in [-0.15, -0.1) is 0 Å². The van der Waals surface area contributed by atoms with Crippen LogP contribution in [0, 0.1) is 18.3 Å². The smallest absolute Gasteiger partial charge is 0.150 e. The lowest BCUT2D eigenvalue weighted by Gasteiger charge is -2.08. The van der Waals surface area contributed by atoms with Crippen molar-refractivity contribution in [1.82, 2.24) is 4.98 Å². The van der Waals surface area contributed by atoms with E-state index in [0.29, 0.717) is 11.3 Å². The minimum absolute atomic E-state index is 0.266. The van der Waals surface area contributed by atoms with E-state index in [0.717, 1.165) is 22.8 Å². The van der Waals surface area contributed by atoms with Gasteiger partial charge in [-0.1, -0.05) is 18.2 Å². The summed E-state index contributed by atoms with van der Waals surface area (Å²) >= 11 is 0. The lowest BCUT2D eigenvalue weighted by molar-refractivity contribution is 0.112. The van der Waals surface area contributed by atoms with Crippen molar-refractivity contribution in [3.63, 3.8) is 0 Å². The van der Waals surface area contributed by atoms with Gasteiger partial charge in [-0.25, -0.2) is 0 Å². The van der Waals surface area contributed by atoms with Crippen LogP contribution in [0.3, 0.4) is 0 Å². The van der Waals surface area contributed by atoms with Gasteiger partial charge in [0.2, 0.25) is 0 Å². The molecule has 1 aromatic heterocycles. The number of hydrogen-bond acceptors (Lipinski definition) is 3. The number of aromatic nitrogens is 1. The fourth-order valence-corrected chi connectivity index (χ4v) is 1.88. The van der Waals surface area contributed by atoms with E-state index in [1.807, 2.05) is 25.1 Å². The molecule has 2 aromatic rings. The van der Waals surface area contributed by atoms with Crippen LogP contribution in [0.1, 0.15) is 34.6 Å². The number of aryl methyl sites for hydroxylation is 1. The van der Waals surface area contributed by atoms with Gasteiger partial charge in [0.15, 0.2) is 6.29 Å². The third-order valence-electron chi connectivity index (χ3n) is 2.88. The molecule has 1 aromatic carbocycles. The second kappa shape index (κ2) is 4.34. The quantitative estimate of drug-likeness (QED) is 0.737. The molecule has 84 valence electrons. The molecule has 0 bridgehead atoms. The molecule has 0 spiro atoms. The summed E-state index contributed by atoms with van der Waals surface area (Å²) in [5.74, 6) is -0.266. The highest BCUT2D eigenvalue weighted by Gasteiger charge is 2.10. The number of hydrogen-bond donors (Lipinski definition) is 0. The Morgan fingerprint density at radius 3 is 2.82 bits per heavy atom. The SMILES string of the molecule is Cc1nc(C(C)C#N)cc2c(C=O)cccc12. The molecule has 0 aliphatic carbocycles. The average Bonchev–Trinajstić information content (AvgIpc) is 2.37. The molecule has 17 heavy (non-hydrogen) atoms. The summed E-state index contributed by atoms with van der Waals surface area (Å²) in [7, 11) is 0. The van der Waals surface area contributed by atoms with Gasteiger partial charge in [-0.2, -0.15) is 5.26 Å². The average molecular weight is 224 g/mol. The van der Waals surface area contributed by atoms with Crippen LogP contribution in [-0.4, -0.2) is 11.3 Å². The summed E-state index contributed by atoms with van der Waals surface area (Å²) < 4.78 is 0. The van der Waals surface area contributed by atoms with Crippen molar-refractivity contribution in [2.75, 3.05) is 0 Å². The Kier molecular flexibility index (Phi) is 2.88. The Morgan fingerprint density at radius 2 is 2.18 bits per heavy atom. The summed E-state index contributed by atoms with van der Waals surface area (Å²) in [5.41, 5.74) is 2.20. The normalized spacial score (nSPS) is 12.1. The number of carbonyl (C=O) groups excluding carboxylic acids is 1. The molecule has 3 heteroatoms. The molecular formula is C14H12N2O. The summed E-state index contributed by atoms with van der Waals surface area (Å²) in [4.78, 5) is 15.4. The number of carbonyl (C=O) groups is 1. The van der Waals surface area contributed by atoms with Crippen LogP contribution in [0.25, 0.3) is 10.8 Å². The Bertz CT molecular complexity index is 626. The molecular weight excluding hydrogens is 212 g/mol. The minimum Gasteiger partial charge on any atom is -0.298 e. The Hall–Kier alpha value is -2.21. The fraction of sp³-hybridized carbons (Fsp3) is 0.214. The molecule has 0 aliphatic rings. The molecule has 2 rings (SSSR count). The first-order chi connectivity index (χ1) is 8.17. The first-order valence-corrected chi connectivity index (χ1v) is 5.42. The van der Waals surface area contributed by atoms with Crippen molar-refractivity contribution in [2.24, 2.45) is 0 Å². The molecule has 0 amide bonds. The maximum Gasteiger partial charge on any atom is 0.150 e. The van der Waals surface area contributed by atoms with Gasteiger partial charge in [0, 0.05) is 16.6 Å². The second-order valence-corrected chi connectivity index (χ2v) is 4.04. The largest absolute Gasteiger partial charge is 0.298 e. The Morgan fingerprint density at radius 1 is 1.41 bits per heavy atom. The lowest BCUT2D eigenvalue weighted by atomic mass is 10.0. The van der Waals surface area contributed by atoms with Crippen LogP contribution in [0.15, 0.2) is 24.3 Å². The molecule has 0 fully saturated rings. The van der Waals surface area contributed by atoms with Crippen molar-refractivity contribution < 1.29 is 4.79 Å². The maximum absolute atomic E-state index is 11.0. The Labute approximate surface area is 99.7 Å². The molecule has 1 heterocycles. The summed E-state index contributed by atoms with van der Waals surface area (Å²) in [6, 6.07) is 9.54. The summed E-state index contributed by atoms with van der Waals surface area (Å²) in [6.07, 6.45) is 0.836. The molecule has 0 radical (unpaired) electrons. The zero-order valence-corrected chi connectivity index (χ0v) is 9.77. The zero-order chi connectivity index (χ0) is 12.4. The van der Waals surface area contributed by atoms with E-state index in [4.69, 9.17) is 5.26 Å². The van der Waals surface area contributed by atoms with Gasteiger partial charge >= 0.3 is 0 Å². The van der Waals surface area contributed by atoms with Gasteiger partial charge < -0.3 is 0 Å². The molecule has 0 saturated heterocycles. The van der Waals surface area contributed by atoms with Crippen molar-refractivity contribution in [3.05, 3.63) is 41.2 Å². The molecule has 0 aliphatic heterocycles. The predicted octanol–water partition coefficient (Wildman–Crippen LogP) is 2.98. The monoisotopic (exact) mass is 224 g/mol. The number of rotatable bonds is 2. The minimum atomic E-state index is -0.266. The van der Waals surface area contributed by atoms with E-state index in [-0.39, 0.29) is 5.92 Å². The van der Waals surface area contributed by atoms with E-state index >= 15 is 0 Å². The van der Waals surface area contributed by atoms with Crippen molar-refractivity contribution in [3.8, 4) is 6.07 Å². The number of nitrogens with zero attached hydrogens (tertiary/aromatic N) is 2. The van der Waals surface area contributed by atoms with Crippen molar-refractivity contribution in [1.29, 1.82) is 5.26 Å². The lowest BCUT2D eigenvalue weighted by Crippen LogP contribution is -1.98. The van der Waals surface area contributed by atoms with Crippen molar-refractivity contribution >= 4 is 17.1 Å². The van der Waals surface area contributed by atoms with Crippen LogP contribution in [-0.2, 0) is 0 Å². The second-order valence-electron chi connectivity index (χ2n) is 4.04. The van der Waals surface area contributed by atoms with Crippen LogP contribution in [0.2, 0.25) is 0 Å². The first-order valence-electron chi connectivity index (χ1n) is 5.42. The highest BCUT2D eigenvalue weighted by molar-refractivity contribution is 5.99. The van der Waals surface area contributed by atoms with Crippen LogP contribution >= 0.6 is 0 Å². The van der Waals surface area contributed by atoms with Gasteiger partial charge in [0.05, 0.1) is 17.7 Å². The summed E-state index contributed by atoms with van der Waals surface area (Å²) in [6.45, 7) is 3.70. The third-order valence-corrected chi connectivity index (χ3v) is 2.88. The third kappa shape index (κ3) is 1.90. The topological polar surface area (TPSA) is 53.8 Å². The van der Waals surface area contributed by atoms with Gasteiger partial charge in [-0.3, -0.25) is 9.78 Å². The zero-order valence-electron chi connectivity index (χ0n) is 9.77. The van der Waals surface area contributed by atoms with E-state index in [2.05, 4.69) is 11.1 Å². The molecule has 1 atom stereocenters. The van der Waals surface area contributed by atoms with Gasteiger partial charge in [0.25, 0.3) is 0 Å². The van der Waals surface area contributed by atoms with E-state index in [1.54, 1.807) is 13.0 Å². The van der Waals surface area contributed by atoms with E-state index in [1.165, 1.54) is 0 Å². The highest BCUT2D eigenvalue weighted by atomic mass is 16.1. The Balaban J connectivity index is 2.79. The predicted molar refractivity (Wildman–Crippen MR) is 65.9 cm³/mol. The molecule has 3 nitrogen and oxygen atoms in total. The molecule has 0 N–H and O–H groups in total. The summed E-state index contributed by atoms with van der Waals surface area (Å²) in [5, 5.41) is 10.7. The van der Waals surface area contributed by atoms with Crippen LogP contribution < -0.4 is 0 Å². The standard InChI is InChI=1S/C14H12N2O/c1-9(7-15)14-6-13-11(8-17)4-3-5-12(13)10(2)16-14/h3-6,8-9H,1-2H3. The number of nitriles is 1. The fourth-order valence-electron chi connectivity index (χ4n) is 1.88. The molecule has 0 saturated carbocycles.